The highest BCUT2D eigenvalue weighted by atomic mass is 16.3. The maximum Gasteiger partial charge on any atom is 0.251 e. The van der Waals surface area contributed by atoms with Gasteiger partial charge in [-0.3, -0.25) is 14.4 Å². The molecule has 24 heavy (non-hydrogen) atoms. The summed E-state index contributed by atoms with van der Waals surface area (Å²) in [5.74, 6) is -0.0557. The quantitative estimate of drug-likeness (QED) is 0.756. The van der Waals surface area contributed by atoms with Gasteiger partial charge in [-0.2, -0.15) is 0 Å². The lowest BCUT2D eigenvalue weighted by Gasteiger charge is -2.11. The van der Waals surface area contributed by atoms with Crippen molar-refractivity contribution in [1.82, 2.24) is 5.32 Å². The number of carbonyl (C=O) groups is 3. The minimum Gasteiger partial charge on any atom is -0.469 e. The van der Waals surface area contributed by atoms with Crippen LogP contribution < -0.4 is 16.0 Å². The van der Waals surface area contributed by atoms with Crippen LogP contribution in [0.4, 0.5) is 11.4 Å². The van der Waals surface area contributed by atoms with Crippen molar-refractivity contribution in [3.8, 4) is 0 Å². The molecule has 7 heteroatoms. The van der Waals surface area contributed by atoms with Gasteiger partial charge in [0.1, 0.15) is 5.76 Å². The van der Waals surface area contributed by atoms with Gasteiger partial charge in [-0.15, -0.1) is 0 Å². The van der Waals surface area contributed by atoms with Crippen LogP contribution in [-0.4, -0.2) is 24.3 Å². The summed E-state index contributed by atoms with van der Waals surface area (Å²) in [7, 11) is 0. The van der Waals surface area contributed by atoms with Gasteiger partial charge in [0, 0.05) is 43.8 Å². The van der Waals surface area contributed by atoms with Crippen molar-refractivity contribution < 1.29 is 18.8 Å². The third-order valence-electron chi connectivity index (χ3n) is 3.07. The maximum absolute atomic E-state index is 12.3. The fourth-order valence-corrected chi connectivity index (χ4v) is 2.17. The molecule has 0 aliphatic carbocycles. The molecule has 2 aromatic rings. The minimum absolute atomic E-state index is 0.265. The molecule has 0 bridgehead atoms. The smallest absolute Gasteiger partial charge is 0.251 e. The molecule has 0 aliphatic rings. The second kappa shape index (κ2) is 7.96. The first-order valence-corrected chi connectivity index (χ1v) is 7.45. The van der Waals surface area contributed by atoms with Crippen LogP contribution in [0.15, 0.2) is 41.0 Å². The highest BCUT2D eigenvalue weighted by Crippen LogP contribution is 2.19. The molecule has 1 aromatic heterocycles. The molecule has 0 saturated carbocycles. The van der Waals surface area contributed by atoms with Crippen molar-refractivity contribution in [3.05, 3.63) is 47.9 Å². The van der Waals surface area contributed by atoms with Gasteiger partial charge in [-0.05, 0) is 30.3 Å². The average Bonchev–Trinajstić information content (AvgIpc) is 2.98. The second-order valence-corrected chi connectivity index (χ2v) is 5.25. The summed E-state index contributed by atoms with van der Waals surface area (Å²) in [4.78, 5) is 34.7. The van der Waals surface area contributed by atoms with Crippen LogP contribution in [0, 0.1) is 0 Å². The van der Waals surface area contributed by atoms with E-state index in [4.69, 9.17) is 4.42 Å². The number of furan rings is 1. The van der Waals surface area contributed by atoms with Gasteiger partial charge in [0.05, 0.1) is 6.26 Å². The van der Waals surface area contributed by atoms with Crippen LogP contribution in [0.1, 0.15) is 30.0 Å². The van der Waals surface area contributed by atoms with Crippen LogP contribution in [0.5, 0.6) is 0 Å². The van der Waals surface area contributed by atoms with Gasteiger partial charge in [0.2, 0.25) is 11.8 Å². The van der Waals surface area contributed by atoms with Crippen LogP contribution in [0.2, 0.25) is 0 Å². The number of anilines is 2. The zero-order valence-corrected chi connectivity index (χ0v) is 13.5. The molecule has 126 valence electrons. The summed E-state index contributed by atoms with van der Waals surface area (Å²) in [5, 5.41) is 7.99. The van der Waals surface area contributed by atoms with Crippen molar-refractivity contribution in [2.75, 3.05) is 17.2 Å². The largest absolute Gasteiger partial charge is 0.469 e. The molecule has 0 saturated heterocycles. The number of hydrogen-bond donors (Lipinski definition) is 3. The Hall–Kier alpha value is -3.09. The number of rotatable bonds is 6. The molecular weight excluding hydrogens is 310 g/mol. The van der Waals surface area contributed by atoms with E-state index >= 15 is 0 Å². The molecule has 3 amide bonds. The number of hydrogen-bond acceptors (Lipinski definition) is 4. The molecule has 2 rings (SSSR count). The zero-order chi connectivity index (χ0) is 17.5. The Morgan fingerprint density at radius 2 is 1.62 bits per heavy atom. The lowest BCUT2D eigenvalue weighted by Crippen LogP contribution is -2.26. The molecule has 0 spiro atoms. The Morgan fingerprint density at radius 1 is 1.00 bits per heavy atom. The summed E-state index contributed by atoms with van der Waals surface area (Å²) < 4.78 is 5.20. The molecule has 0 unspecified atom stereocenters. The monoisotopic (exact) mass is 329 g/mol. The maximum atomic E-state index is 12.3. The summed E-state index contributed by atoms with van der Waals surface area (Å²) in [6.45, 7) is 3.15. The molecule has 0 fully saturated rings. The van der Waals surface area contributed by atoms with Crippen molar-refractivity contribution in [1.29, 1.82) is 0 Å². The van der Waals surface area contributed by atoms with E-state index < -0.39 is 0 Å². The number of benzene rings is 1. The Bertz CT molecular complexity index is 704. The standard InChI is InChI=1S/C17H19N3O4/c1-11(21)19-14-8-13(9-15(10-14)20-12(2)22)17(23)18-6-5-16-4-3-7-24-16/h3-4,7-10H,5-6H2,1-2H3,(H,18,23)(H,19,21)(H,20,22). The van der Waals surface area contributed by atoms with E-state index in [0.29, 0.717) is 29.9 Å². The number of carbonyl (C=O) groups excluding carboxylic acids is 3. The summed E-state index contributed by atoms with van der Waals surface area (Å²) in [5.41, 5.74) is 1.21. The van der Waals surface area contributed by atoms with Crippen molar-refractivity contribution in [2.24, 2.45) is 0 Å². The topological polar surface area (TPSA) is 100 Å². The van der Waals surface area contributed by atoms with Crippen LogP contribution in [0.25, 0.3) is 0 Å². The fraction of sp³-hybridized carbons (Fsp3) is 0.235. The van der Waals surface area contributed by atoms with Crippen molar-refractivity contribution in [3.63, 3.8) is 0 Å². The molecule has 1 aromatic carbocycles. The van der Waals surface area contributed by atoms with Crippen LogP contribution in [0.3, 0.4) is 0 Å². The molecule has 7 nitrogen and oxygen atoms in total. The van der Waals surface area contributed by atoms with E-state index in [-0.39, 0.29) is 17.7 Å². The van der Waals surface area contributed by atoms with E-state index in [9.17, 15) is 14.4 Å². The van der Waals surface area contributed by atoms with Gasteiger partial charge in [-0.25, -0.2) is 0 Å². The second-order valence-electron chi connectivity index (χ2n) is 5.25. The van der Waals surface area contributed by atoms with E-state index in [0.717, 1.165) is 5.76 Å². The van der Waals surface area contributed by atoms with Gasteiger partial charge in [0.25, 0.3) is 5.91 Å². The Balaban J connectivity index is 2.09. The normalized spacial score (nSPS) is 10.1. The zero-order valence-electron chi connectivity index (χ0n) is 13.5. The lowest BCUT2D eigenvalue weighted by atomic mass is 10.1. The molecule has 0 radical (unpaired) electrons. The first-order chi connectivity index (χ1) is 11.4. The van der Waals surface area contributed by atoms with Gasteiger partial charge >= 0.3 is 0 Å². The van der Waals surface area contributed by atoms with E-state index in [2.05, 4.69) is 16.0 Å². The first kappa shape index (κ1) is 17.3. The van der Waals surface area contributed by atoms with Crippen molar-refractivity contribution >= 4 is 29.1 Å². The van der Waals surface area contributed by atoms with Crippen LogP contribution in [-0.2, 0) is 16.0 Å². The molecule has 0 atom stereocenters. The Labute approximate surface area is 139 Å². The molecule has 0 aliphatic heterocycles. The highest BCUT2D eigenvalue weighted by Gasteiger charge is 2.10. The lowest BCUT2D eigenvalue weighted by molar-refractivity contribution is -0.115. The van der Waals surface area contributed by atoms with Gasteiger partial charge in [-0.1, -0.05) is 0 Å². The van der Waals surface area contributed by atoms with E-state index in [1.165, 1.54) is 13.8 Å². The summed E-state index contributed by atoms with van der Waals surface area (Å²) >= 11 is 0. The Kier molecular flexibility index (Phi) is 5.73. The third-order valence-corrected chi connectivity index (χ3v) is 3.07. The van der Waals surface area contributed by atoms with Gasteiger partial charge in [0.15, 0.2) is 0 Å². The summed E-state index contributed by atoms with van der Waals surface area (Å²) in [6.07, 6.45) is 2.15. The number of amides is 3. The van der Waals surface area contributed by atoms with Gasteiger partial charge < -0.3 is 20.4 Å². The summed E-state index contributed by atoms with van der Waals surface area (Å²) in [6, 6.07) is 8.30. The molecule has 3 N–H and O–H groups in total. The average molecular weight is 329 g/mol. The van der Waals surface area contributed by atoms with E-state index in [1.807, 2.05) is 6.07 Å². The van der Waals surface area contributed by atoms with E-state index in [1.54, 1.807) is 30.5 Å². The SMILES string of the molecule is CC(=O)Nc1cc(NC(C)=O)cc(C(=O)NCCc2ccco2)c1. The highest BCUT2D eigenvalue weighted by molar-refractivity contribution is 5.99. The predicted molar refractivity (Wildman–Crippen MR) is 89.8 cm³/mol. The molecule has 1 heterocycles. The fourth-order valence-electron chi connectivity index (χ4n) is 2.17. The Morgan fingerprint density at radius 3 is 2.12 bits per heavy atom. The number of nitrogens with one attached hydrogen (secondary N) is 3. The third kappa shape index (κ3) is 5.28. The predicted octanol–water partition coefficient (Wildman–Crippen LogP) is 2.17. The first-order valence-electron chi connectivity index (χ1n) is 7.45. The van der Waals surface area contributed by atoms with Crippen molar-refractivity contribution in [2.45, 2.75) is 20.3 Å². The minimum atomic E-state index is -0.305. The van der Waals surface area contributed by atoms with Crippen LogP contribution >= 0.6 is 0 Å². The molecular formula is C17H19N3O4.